The predicted molar refractivity (Wildman–Crippen MR) is 76.4 cm³/mol. The number of anilines is 1. The van der Waals surface area contributed by atoms with E-state index in [2.05, 4.69) is 5.32 Å². The third-order valence-electron chi connectivity index (χ3n) is 3.36. The summed E-state index contributed by atoms with van der Waals surface area (Å²) in [6.07, 6.45) is 2.08. The molecule has 0 aliphatic heterocycles. The molecule has 1 saturated carbocycles. The van der Waals surface area contributed by atoms with E-state index in [-0.39, 0.29) is 17.0 Å². The highest BCUT2D eigenvalue weighted by Crippen LogP contribution is 2.32. The number of benzene rings is 1. The molecule has 2 rings (SSSR count). The van der Waals surface area contributed by atoms with Crippen molar-refractivity contribution in [3.05, 3.63) is 18.2 Å². The predicted octanol–water partition coefficient (Wildman–Crippen LogP) is 1.32. The molecular weight excluding hydrogens is 280 g/mol. The molecule has 0 heterocycles. The Kier molecular flexibility index (Phi) is 4.52. The number of rotatable bonds is 6. The maximum Gasteiger partial charge on any atom is 0.238 e. The van der Waals surface area contributed by atoms with Crippen LogP contribution in [-0.4, -0.2) is 34.3 Å². The first-order valence-electron chi connectivity index (χ1n) is 6.53. The zero-order valence-electron chi connectivity index (χ0n) is 11.6. The average molecular weight is 300 g/mol. The molecule has 1 fully saturated rings. The number of ether oxygens (including phenoxy) is 2. The Balaban J connectivity index is 2.10. The molecule has 0 aromatic heterocycles. The van der Waals surface area contributed by atoms with Crippen LogP contribution in [0.3, 0.4) is 0 Å². The molecule has 0 radical (unpaired) electrons. The van der Waals surface area contributed by atoms with Gasteiger partial charge in [-0.15, -0.1) is 0 Å². The zero-order chi connectivity index (χ0) is 14.8. The molecular formula is C13H20N2O4S. The van der Waals surface area contributed by atoms with Gasteiger partial charge in [-0.05, 0) is 38.0 Å². The molecule has 7 heteroatoms. The quantitative estimate of drug-likeness (QED) is 0.827. The van der Waals surface area contributed by atoms with Crippen LogP contribution >= 0.6 is 0 Å². The molecule has 1 aromatic rings. The summed E-state index contributed by atoms with van der Waals surface area (Å²) in [5.74, 6) is 0.595. The van der Waals surface area contributed by atoms with E-state index in [1.807, 2.05) is 6.92 Å². The van der Waals surface area contributed by atoms with Crippen LogP contribution in [0.1, 0.15) is 19.8 Å². The maximum atomic E-state index is 11.4. The lowest BCUT2D eigenvalue weighted by Gasteiger charge is -2.36. The minimum absolute atomic E-state index is 0.0708. The first-order valence-corrected chi connectivity index (χ1v) is 8.07. The van der Waals surface area contributed by atoms with Crippen LogP contribution < -0.4 is 15.2 Å². The standard InChI is InChI=1S/C13H20N2O4S/c1-3-19-10-6-9(7-10)15-12-8-11(20(14,16)17)4-5-13(12)18-2/h4-5,8-10,15H,3,6-7H2,1-2H3,(H2,14,16,17). The van der Waals surface area contributed by atoms with E-state index in [1.165, 1.54) is 12.1 Å². The Morgan fingerprint density at radius 2 is 2.10 bits per heavy atom. The van der Waals surface area contributed by atoms with Crippen LogP contribution in [0.15, 0.2) is 23.1 Å². The topological polar surface area (TPSA) is 90.6 Å². The molecule has 3 N–H and O–H groups in total. The fraction of sp³-hybridized carbons (Fsp3) is 0.538. The number of hydrogen-bond acceptors (Lipinski definition) is 5. The normalized spacial score (nSPS) is 22.1. The first kappa shape index (κ1) is 15.1. The van der Waals surface area contributed by atoms with E-state index < -0.39 is 10.0 Å². The molecule has 0 bridgehead atoms. The number of nitrogens with two attached hydrogens (primary N) is 1. The third kappa shape index (κ3) is 3.41. The van der Waals surface area contributed by atoms with E-state index in [0.717, 1.165) is 12.8 Å². The van der Waals surface area contributed by atoms with Gasteiger partial charge in [0.15, 0.2) is 0 Å². The van der Waals surface area contributed by atoms with Gasteiger partial charge in [0.2, 0.25) is 10.0 Å². The second-order valence-corrected chi connectivity index (χ2v) is 6.36. The Morgan fingerprint density at radius 3 is 2.65 bits per heavy atom. The van der Waals surface area contributed by atoms with Gasteiger partial charge in [-0.2, -0.15) is 0 Å². The molecule has 6 nitrogen and oxygen atoms in total. The molecule has 0 saturated heterocycles. The minimum atomic E-state index is -3.71. The van der Waals surface area contributed by atoms with Crippen molar-refractivity contribution < 1.29 is 17.9 Å². The van der Waals surface area contributed by atoms with Crippen LogP contribution in [0.4, 0.5) is 5.69 Å². The lowest BCUT2D eigenvalue weighted by molar-refractivity contribution is 0.00295. The first-order chi connectivity index (χ1) is 9.44. The molecule has 0 unspecified atom stereocenters. The van der Waals surface area contributed by atoms with Gasteiger partial charge in [0.25, 0.3) is 0 Å². The summed E-state index contributed by atoms with van der Waals surface area (Å²) in [7, 11) is -2.17. The molecule has 112 valence electrons. The lowest BCUT2D eigenvalue weighted by atomic mass is 9.89. The van der Waals surface area contributed by atoms with E-state index in [1.54, 1.807) is 13.2 Å². The second kappa shape index (κ2) is 5.99. The summed E-state index contributed by atoms with van der Waals surface area (Å²) in [4.78, 5) is 0.0708. The van der Waals surface area contributed by atoms with Crippen molar-refractivity contribution in [1.82, 2.24) is 0 Å². The van der Waals surface area contributed by atoms with E-state index in [0.29, 0.717) is 18.0 Å². The molecule has 0 atom stereocenters. The minimum Gasteiger partial charge on any atom is -0.495 e. The van der Waals surface area contributed by atoms with Crippen molar-refractivity contribution in [3.8, 4) is 5.75 Å². The zero-order valence-corrected chi connectivity index (χ0v) is 12.4. The highest BCUT2D eigenvalue weighted by molar-refractivity contribution is 7.89. The fourth-order valence-corrected chi connectivity index (χ4v) is 2.79. The molecule has 20 heavy (non-hydrogen) atoms. The Labute approximate surface area is 119 Å². The number of methoxy groups -OCH3 is 1. The van der Waals surface area contributed by atoms with Gasteiger partial charge in [0, 0.05) is 12.6 Å². The largest absolute Gasteiger partial charge is 0.495 e. The Hall–Kier alpha value is -1.31. The van der Waals surface area contributed by atoms with Gasteiger partial charge >= 0.3 is 0 Å². The van der Waals surface area contributed by atoms with Crippen molar-refractivity contribution >= 4 is 15.7 Å². The van der Waals surface area contributed by atoms with Gasteiger partial charge in [-0.25, -0.2) is 13.6 Å². The van der Waals surface area contributed by atoms with Crippen LogP contribution in [0.5, 0.6) is 5.75 Å². The maximum absolute atomic E-state index is 11.4. The molecule has 1 aromatic carbocycles. The van der Waals surface area contributed by atoms with Crippen molar-refractivity contribution in [3.63, 3.8) is 0 Å². The molecule has 1 aliphatic carbocycles. The summed E-state index contributed by atoms with van der Waals surface area (Å²) in [6, 6.07) is 4.79. The molecule has 1 aliphatic rings. The van der Waals surface area contributed by atoms with Crippen molar-refractivity contribution in [2.45, 2.75) is 36.8 Å². The highest BCUT2D eigenvalue weighted by atomic mass is 32.2. The van der Waals surface area contributed by atoms with Crippen molar-refractivity contribution in [2.24, 2.45) is 5.14 Å². The fourth-order valence-electron chi connectivity index (χ4n) is 2.25. The average Bonchev–Trinajstić information content (AvgIpc) is 2.35. The summed E-state index contributed by atoms with van der Waals surface area (Å²) >= 11 is 0. The highest BCUT2D eigenvalue weighted by Gasteiger charge is 2.30. The SMILES string of the molecule is CCOC1CC(Nc2cc(S(N)(=O)=O)ccc2OC)C1. The second-order valence-electron chi connectivity index (χ2n) is 4.80. The van der Waals surface area contributed by atoms with Crippen LogP contribution in [0, 0.1) is 0 Å². The number of nitrogens with one attached hydrogen (secondary N) is 1. The van der Waals surface area contributed by atoms with Crippen LogP contribution in [0.25, 0.3) is 0 Å². The van der Waals surface area contributed by atoms with Crippen molar-refractivity contribution in [1.29, 1.82) is 0 Å². The number of hydrogen-bond donors (Lipinski definition) is 2. The van der Waals surface area contributed by atoms with Gasteiger partial charge in [0.1, 0.15) is 5.75 Å². The number of sulfonamides is 1. The van der Waals surface area contributed by atoms with E-state index in [4.69, 9.17) is 14.6 Å². The third-order valence-corrected chi connectivity index (χ3v) is 4.27. The van der Waals surface area contributed by atoms with Gasteiger partial charge in [-0.3, -0.25) is 0 Å². The summed E-state index contributed by atoms with van der Waals surface area (Å²) < 4.78 is 33.5. The lowest BCUT2D eigenvalue weighted by Crippen LogP contribution is -2.40. The van der Waals surface area contributed by atoms with E-state index >= 15 is 0 Å². The summed E-state index contributed by atoms with van der Waals surface area (Å²) in [5.41, 5.74) is 0.638. The smallest absolute Gasteiger partial charge is 0.238 e. The van der Waals surface area contributed by atoms with Gasteiger partial charge < -0.3 is 14.8 Å². The molecule has 0 spiro atoms. The van der Waals surface area contributed by atoms with Crippen LogP contribution in [-0.2, 0) is 14.8 Å². The van der Waals surface area contributed by atoms with Crippen molar-refractivity contribution in [2.75, 3.05) is 19.0 Å². The van der Waals surface area contributed by atoms with E-state index in [9.17, 15) is 8.42 Å². The number of primary sulfonamides is 1. The van der Waals surface area contributed by atoms with Gasteiger partial charge in [-0.1, -0.05) is 0 Å². The van der Waals surface area contributed by atoms with Crippen LogP contribution in [0.2, 0.25) is 0 Å². The Bertz CT molecular complexity index is 568. The molecule has 0 amide bonds. The summed E-state index contributed by atoms with van der Waals surface area (Å²) in [5, 5.41) is 8.41. The van der Waals surface area contributed by atoms with Gasteiger partial charge in [0.05, 0.1) is 23.8 Å². The Morgan fingerprint density at radius 1 is 1.40 bits per heavy atom. The summed E-state index contributed by atoms with van der Waals surface area (Å²) in [6.45, 7) is 2.68. The monoisotopic (exact) mass is 300 g/mol.